The summed E-state index contributed by atoms with van der Waals surface area (Å²) in [6.45, 7) is 7.25. The summed E-state index contributed by atoms with van der Waals surface area (Å²) in [5, 5.41) is 19.7. The van der Waals surface area contributed by atoms with Gasteiger partial charge in [0.2, 0.25) is 0 Å². The van der Waals surface area contributed by atoms with E-state index in [1.54, 1.807) is 0 Å². The van der Waals surface area contributed by atoms with Crippen molar-refractivity contribution in [1.29, 1.82) is 0 Å². The number of nitrogens with zero attached hydrogens (tertiary/aromatic N) is 1. The van der Waals surface area contributed by atoms with E-state index in [1.165, 1.54) is 16.6 Å². The molecule has 0 aliphatic heterocycles. The highest BCUT2D eigenvalue weighted by Gasteiger charge is 2.25. The van der Waals surface area contributed by atoms with E-state index >= 15 is 0 Å². The van der Waals surface area contributed by atoms with Gasteiger partial charge in [-0.05, 0) is 31.5 Å². The van der Waals surface area contributed by atoms with Crippen LogP contribution in [-0.4, -0.2) is 28.0 Å². The molecule has 2 aromatic rings. The molecule has 2 N–H and O–H groups in total. The highest BCUT2D eigenvalue weighted by Crippen LogP contribution is 2.32. The lowest BCUT2D eigenvalue weighted by atomic mass is 9.85. The molecule has 0 aliphatic rings. The lowest BCUT2D eigenvalue weighted by molar-refractivity contribution is 0.242. The molecule has 0 unspecified atom stereocenters. The maximum Gasteiger partial charge on any atom is 0.0610 e. The van der Waals surface area contributed by atoms with E-state index in [4.69, 9.17) is 0 Å². The first-order chi connectivity index (χ1) is 8.99. The molecule has 0 atom stereocenters. The zero-order valence-corrected chi connectivity index (χ0v) is 12.0. The summed E-state index contributed by atoms with van der Waals surface area (Å²) >= 11 is 0. The second-order valence-electron chi connectivity index (χ2n) is 5.82. The number of hydrogen-bond donors (Lipinski definition) is 2. The second-order valence-corrected chi connectivity index (χ2v) is 5.82. The van der Waals surface area contributed by atoms with E-state index in [0.717, 1.165) is 5.52 Å². The zero-order valence-electron chi connectivity index (χ0n) is 12.0. The number of hydrogen-bond acceptors (Lipinski definition) is 2. The van der Waals surface area contributed by atoms with Gasteiger partial charge in [0.15, 0.2) is 0 Å². The van der Waals surface area contributed by atoms with E-state index in [2.05, 4.69) is 49.6 Å². The van der Waals surface area contributed by atoms with Crippen molar-refractivity contribution in [3.63, 3.8) is 0 Å². The first-order valence-corrected chi connectivity index (χ1v) is 6.81. The van der Waals surface area contributed by atoms with Crippen LogP contribution in [0.3, 0.4) is 0 Å². The highest BCUT2D eigenvalue weighted by molar-refractivity contribution is 5.82. The van der Waals surface area contributed by atoms with E-state index in [0.29, 0.717) is 13.0 Å². The third kappa shape index (κ3) is 2.67. The predicted octanol–water partition coefficient (Wildman–Crippen LogP) is 2.60. The van der Waals surface area contributed by atoms with Gasteiger partial charge in [-0.15, -0.1) is 0 Å². The molecule has 0 bridgehead atoms. The van der Waals surface area contributed by atoms with Crippen LogP contribution in [0.2, 0.25) is 0 Å². The van der Waals surface area contributed by atoms with Gasteiger partial charge in [0.05, 0.1) is 6.61 Å². The van der Waals surface area contributed by atoms with Gasteiger partial charge in [-0.25, -0.2) is 0 Å². The molecule has 19 heavy (non-hydrogen) atoms. The first-order valence-electron chi connectivity index (χ1n) is 6.81. The average molecular weight is 261 g/mol. The Hall–Kier alpha value is -1.32. The lowest BCUT2D eigenvalue weighted by Crippen LogP contribution is -2.23. The molecule has 2 rings (SSSR count). The van der Waals surface area contributed by atoms with Crippen molar-refractivity contribution in [2.24, 2.45) is 0 Å². The number of aliphatic hydroxyl groups is 2. The minimum absolute atomic E-state index is 0.100. The Morgan fingerprint density at radius 2 is 1.84 bits per heavy atom. The quantitative estimate of drug-likeness (QED) is 0.869. The van der Waals surface area contributed by atoms with Crippen LogP contribution < -0.4 is 0 Å². The van der Waals surface area contributed by atoms with Gasteiger partial charge >= 0.3 is 0 Å². The number of rotatable bonds is 5. The molecule has 0 amide bonds. The first kappa shape index (κ1) is 14.1. The van der Waals surface area contributed by atoms with Crippen LogP contribution in [0.5, 0.6) is 0 Å². The molecular weight excluding hydrogens is 238 g/mol. The average Bonchev–Trinajstić information content (AvgIpc) is 2.68. The lowest BCUT2D eigenvalue weighted by Gasteiger charge is -2.26. The molecule has 0 saturated heterocycles. The van der Waals surface area contributed by atoms with Gasteiger partial charge < -0.3 is 14.8 Å². The summed E-state index contributed by atoms with van der Waals surface area (Å²) in [6, 6.07) is 8.56. The maximum absolute atomic E-state index is 9.30. The largest absolute Gasteiger partial charge is 0.396 e. The predicted molar refractivity (Wildman–Crippen MR) is 78.5 cm³/mol. The van der Waals surface area contributed by atoms with Crippen molar-refractivity contribution < 1.29 is 10.2 Å². The van der Waals surface area contributed by atoms with Crippen molar-refractivity contribution in [2.75, 3.05) is 13.2 Å². The van der Waals surface area contributed by atoms with Gasteiger partial charge in [-0.1, -0.05) is 25.5 Å². The molecule has 0 saturated carbocycles. The third-order valence-corrected chi connectivity index (χ3v) is 3.81. The topological polar surface area (TPSA) is 45.4 Å². The molecule has 3 heteroatoms. The Morgan fingerprint density at radius 3 is 2.47 bits per heavy atom. The number of fused-ring (bicyclic) bond motifs is 1. The Morgan fingerprint density at radius 1 is 1.11 bits per heavy atom. The molecule has 1 aromatic carbocycles. The van der Waals surface area contributed by atoms with E-state index < -0.39 is 0 Å². The summed E-state index contributed by atoms with van der Waals surface area (Å²) in [5.74, 6) is 0. The highest BCUT2D eigenvalue weighted by atomic mass is 16.3. The second kappa shape index (κ2) is 5.35. The van der Waals surface area contributed by atoms with Gasteiger partial charge in [-0.3, -0.25) is 0 Å². The Labute approximate surface area is 114 Å². The fourth-order valence-electron chi connectivity index (χ4n) is 2.70. The summed E-state index contributed by atoms with van der Waals surface area (Å²) in [6.07, 6.45) is 0.716. The Bertz CT molecular complexity index is 569. The molecule has 104 valence electrons. The van der Waals surface area contributed by atoms with Crippen molar-refractivity contribution in [3.05, 3.63) is 35.5 Å². The van der Waals surface area contributed by atoms with Gasteiger partial charge in [0, 0.05) is 35.2 Å². The summed E-state index contributed by atoms with van der Waals surface area (Å²) in [4.78, 5) is 0. The molecule has 3 nitrogen and oxygen atoms in total. The fourth-order valence-corrected chi connectivity index (χ4v) is 2.70. The Kier molecular flexibility index (Phi) is 3.97. The van der Waals surface area contributed by atoms with Crippen molar-refractivity contribution in [2.45, 2.75) is 39.2 Å². The third-order valence-electron chi connectivity index (χ3n) is 3.81. The van der Waals surface area contributed by atoms with Crippen molar-refractivity contribution in [3.8, 4) is 0 Å². The number of aryl methyl sites for hydroxylation is 1. The summed E-state index contributed by atoms with van der Waals surface area (Å²) in [5.41, 5.74) is 3.47. The molecule has 1 aromatic heterocycles. The molecular formula is C16H23NO2. The van der Waals surface area contributed by atoms with Gasteiger partial charge in [0.1, 0.15) is 0 Å². The number of aliphatic hydroxyl groups excluding tert-OH is 2. The normalized spacial score (nSPS) is 12.3. The van der Waals surface area contributed by atoms with Gasteiger partial charge in [0.25, 0.3) is 0 Å². The van der Waals surface area contributed by atoms with Crippen LogP contribution in [0.15, 0.2) is 24.3 Å². The Balaban J connectivity index is 2.62. The standard InChI is InChI=1S/C16H23NO2/c1-12-4-5-14-13(10-12)11-15(17(14)7-9-19)16(2,3)6-8-18/h4-5,10-11,18-19H,6-9H2,1-3H3. The SMILES string of the molecule is Cc1ccc2c(c1)cc(C(C)(C)CCO)n2CCO. The molecule has 1 heterocycles. The molecule has 0 spiro atoms. The molecule has 0 radical (unpaired) electrons. The van der Waals surface area contributed by atoms with Crippen LogP contribution in [0.1, 0.15) is 31.5 Å². The monoisotopic (exact) mass is 261 g/mol. The summed E-state index contributed by atoms with van der Waals surface area (Å²) in [7, 11) is 0. The van der Waals surface area contributed by atoms with Crippen molar-refractivity contribution in [1.82, 2.24) is 4.57 Å². The van der Waals surface area contributed by atoms with Crippen LogP contribution in [0, 0.1) is 6.92 Å². The number of benzene rings is 1. The number of aromatic nitrogens is 1. The van der Waals surface area contributed by atoms with Gasteiger partial charge in [-0.2, -0.15) is 0 Å². The molecule has 0 aliphatic carbocycles. The van der Waals surface area contributed by atoms with E-state index in [-0.39, 0.29) is 18.6 Å². The van der Waals surface area contributed by atoms with Crippen LogP contribution in [-0.2, 0) is 12.0 Å². The fraction of sp³-hybridized carbons (Fsp3) is 0.500. The smallest absolute Gasteiger partial charge is 0.0610 e. The molecule has 0 fully saturated rings. The minimum Gasteiger partial charge on any atom is -0.396 e. The van der Waals surface area contributed by atoms with Crippen LogP contribution in [0.4, 0.5) is 0 Å². The van der Waals surface area contributed by atoms with Crippen molar-refractivity contribution >= 4 is 10.9 Å². The summed E-state index contributed by atoms with van der Waals surface area (Å²) < 4.78 is 2.17. The zero-order chi connectivity index (χ0) is 14.0. The van der Waals surface area contributed by atoms with Crippen LogP contribution >= 0.6 is 0 Å². The van der Waals surface area contributed by atoms with E-state index in [9.17, 15) is 10.2 Å². The van der Waals surface area contributed by atoms with E-state index in [1.807, 2.05) is 0 Å². The van der Waals surface area contributed by atoms with Crippen LogP contribution in [0.25, 0.3) is 10.9 Å². The minimum atomic E-state index is -0.100. The maximum atomic E-state index is 9.30.